The highest BCUT2D eigenvalue weighted by Gasteiger charge is 2.21. The maximum Gasteiger partial charge on any atom is 0.253 e. The Kier molecular flexibility index (Phi) is 3.86. The molecule has 1 aromatic heterocycles. The van der Waals surface area contributed by atoms with Crippen molar-refractivity contribution < 1.29 is 9.53 Å². The average molecular weight is 282 g/mol. The van der Waals surface area contributed by atoms with Crippen molar-refractivity contribution in [2.24, 2.45) is 0 Å². The zero-order valence-electron chi connectivity index (χ0n) is 12.0. The fourth-order valence-electron chi connectivity index (χ4n) is 2.78. The lowest BCUT2D eigenvalue weighted by Crippen LogP contribution is -2.31. The predicted octanol–water partition coefficient (Wildman–Crippen LogP) is 2.90. The van der Waals surface area contributed by atoms with Crippen molar-refractivity contribution in [3.63, 3.8) is 0 Å². The molecule has 0 aliphatic heterocycles. The number of methoxy groups -OCH3 is 1. The van der Waals surface area contributed by atoms with Gasteiger partial charge in [-0.2, -0.15) is 0 Å². The van der Waals surface area contributed by atoms with Gasteiger partial charge in [-0.15, -0.1) is 0 Å². The van der Waals surface area contributed by atoms with Crippen LogP contribution in [0.15, 0.2) is 42.6 Å². The summed E-state index contributed by atoms with van der Waals surface area (Å²) < 4.78 is 5.00. The number of nitrogens with zero attached hydrogens (tertiary/aromatic N) is 1. The number of amides is 1. The summed E-state index contributed by atoms with van der Waals surface area (Å²) in [5.41, 5.74) is 3.12. The summed E-state index contributed by atoms with van der Waals surface area (Å²) in [5.74, 6) is 0.418. The Morgan fingerprint density at radius 3 is 2.90 bits per heavy atom. The molecule has 4 nitrogen and oxygen atoms in total. The van der Waals surface area contributed by atoms with Crippen molar-refractivity contribution in [1.29, 1.82) is 0 Å². The largest absolute Gasteiger partial charge is 0.481 e. The van der Waals surface area contributed by atoms with Crippen LogP contribution in [-0.2, 0) is 6.42 Å². The van der Waals surface area contributed by atoms with Gasteiger partial charge in [0.2, 0.25) is 5.88 Å². The summed E-state index contributed by atoms with van der Waals surface area (Å²) in [5, 5.41) is 3.11. The number of carbonyl (C=O) groups is 1. The molecule has 1 heterocycles. The van der Waals surface area contributed by atoms with E-state index in [1.807, 2.05) is 6.07 Å². The van der Waals surface area contributed by atoms with E-state index in [1.54, 1.807) is 25.4 Å². The number of carbonyl (C=O) groups excluding carboxylic acids is 1. The molecule has 1 unspecified atom stereocenters. The lowest BCUT2D eigenvalue weighted by molar-refractivity contribution is 0.0932. The van der Waals surface area contributed by atoms with Gasteiger partial charge in [0.1, 0.15) is 0 Å². The zero-order chi connectivity index (χ0) is 14.7. The van der Waals surface area contributed by atoms with Crippen LogP contribution in [0.1, 0.15) is 40.4 Å². The van der Waals surface area contributed by atoms with Gasteiger partial charge in [-0.25, -0.2) is 4.98 Å². The molecular weight excluding hydrogens is 264 g/mol. The normalized spacial score (nSPS) is 16.9. The number of ether oxygens (including phenoxy) is 1. The SMILES string of the molecule is COc1ccc(C(=O)NC2CCCc3ccccc32)cn1. The maximum atomic E-state index is 12.3. The number of aromatic nitrogens is 1. The average Bonchev–Trinajstić information content (AvgIpc) is 2.55. The third kappa shape index (κ3) is 2.89. The third-order valence-electron chi connectivity index (χ3n) is 3.88. The van der Waals surface area contributed by atoms with E-state index < -0.39 is 0 Å². The van der Waals surface area contributed by atoms with Crippen molar-refractivity contribution in [2.45, 2.75) is 25.3 Å². The minimum Gasteiger partial charge on any atom is -0.481 e. The molecule has 0 bridgehead atoms. The first-order chi connectivity index (χ1) is 10.3. The summed E-state index contributed by atoms with van der Waals surface area (Å²) in [6, 6.07) is 11.8. The third-order valence-corrected chi connectivity index (χ3v) is 3.88. The Labute approximate surface area is 124 Å². The van der Waals surface area contributed by atoms with Crippen LogP contribution in [0, 0.1) is 0 Å². The quantitative estimate of drug-likeness (QED) is 0.941. The summed E-state index contributed by atoms with van der Waals surface area (Å²) in [4.78, 5) is 16.4. The van der Waals surface area contributed by atoms with Crippen LogP contribution in [0.5, 0.6) is 5.88 Å². The Morgan fingerprint density at radius 1 is 1.29 bits per heavy atom. The molecule has 0 saturated carbocycles. The molecule has 2 aromatic rings. The monoisotopic (exact) mass is 282 g/mol. The molecule has 1 N–H and O–H groups in total. The molecule has 108 valence electrons. The minimum atomic E-state index is -0.0909. The number of fused-ring (bicyclic) bond motifs is 1. The second kappa shape index (κ2) is 5.95. The smallest absolute Gasteiger partial charge is 0.253 e. The van der Waals surface area contributed by atoms with Crippen molar-refractivity contribution in [3.05, 3.63) is 59.3 Å². The van der Waals surface area contributed by atoms with Crippen molar-refractivity contribution >= 4 is 5.91 Å². The number of rotatable bonds is 3. The molecule has 0 spiro atoms. The van der Waals surface area contributed by atoms with Gasteiger partial charge in [-0.3, -0.25) is 4.79 Å². The van der Waals surface area contributed by atoms with E-state index in [4.69, 9.17) is 4.74 Å². The highest BCUT2D eigenvalue weighted by Crippen LogP contribution is 2.29. The van der Waals surface area contributed by atoms with Crippen LogP contribution >= 0.6 is 0 Å². The van der Waals surface area contributed by atoms with E-state index in [9.17, 15) is 4.79 Å². The maximum absolute atomic E-state index is 12.3. The molecule has 1 aromatic carbocycles. The number of hydrogen-bond donors (Lipinski definition) is 1. The van der Waals surface area contributed by atoms with Crippen LogP contribution in [-0.4, -0.2) is 18.0 Å². The van der Waals surface area contributed by atoms with E-state index in [0.29, 0.717) is 11.4 Å². The second-order valence-electron chi connectivity index (χ2n) is 5.21. The zero-order valence-corrected chi connectivity index (χ0v) is 12.0. The first kappa shape index (κ1) is 13.6. The van der Waals surface area contributed by atoms with Crippen LogP contribution in [0.3, 0.4) is 0 Å². The van der Waals surface area contributed by atoms with Crippen LogP contribution in [0.2, 0.25) is 0 Å². The molecule has 1 amide bonds. The fourth-order valence-corrected chi connectivity index (χ4v) is 2.78. The predicted molar refractivity (Wildman–Crippen MR) is 80.4 cm³/mol. The van der Waals surface area contributed by atoms with E-state index in [2.05, 4.69) is 28.5 Å². The fraction of sp³-hybridized carbons (Fsp3) is 0.294. The molecule has 0 radical (unpaired) electrons. The highest BCUT2D eigenvalue weighted by atomic mass is 16.5. The molecule has 4 heteroatoms. The van der Waals surface area contributed by atoms with Crippen molar-refractivity contribution in [1.82, 2.24) is 10.3 Å². The second-order valence-corrected chi connectivity index (χ2v) is 5.21. The molecule has 0 fully saturated rings. The number of benzene rings is 1. The van der Waals surface area contributed by atoms with Gasteiger partial charge in [-0.1, -0.05) is 24.3 Å². The Balaban J connectivity index is 1.76. The van der Waals surface area contributed by atoms with Gasteiger partial charge < -0.3 is 10.1 Å². The lowest BCUT2D eigenvalue weighted by Gasteiger charge is -2.26. The van der Waals surface area contributed by atoms with E-state index in [1.165, 1.54) is 11.1 Å². The van der Waals surface area contributed by atoms with Gasteiger partial charge >= 0.3 is 0 Å². The molecule has 3 rings (SSSR count). The molecule has 1 aliphatic carbocycles. The Morgan fingerprint density at radius 2 is 2.14 bits per heavy atom. The minimum absolute atomic E-state index is 0.0875. The summed E-state index contributed by atoms with van der Waals surface area (Å²) in [6.07, 6.45) is 4.71. The first-order valence-corrected chi connectivity index (χ1v) is 7.16. The number of hydrogen-bond acceptors (Lipinski definition) is 3. The van der Waals surface area contributed by atoms with E-state index in [0.717, 1.165) is 19.3 Å². The summed E-state index contributed by atoms with van der Waals surface area (Å²) in [6.45, 7) is 0. The molecular formula is C17H18N2O2. The van der Waals surface area contributed by atoms with E-state index >= 15 is 0 Å². The molecule has 0 saturated heterocycles. The Hall–Kier alpha value is -2.36. The first-order valence-electron chi connectivity index (χ1n) is 7.16. The molecule has 21 heavy (non-hydrogen) atoms. The summed E-state index contributed by atoms with van der Waals surface area (Å²) in [7, 11) is 1.56. The molecule has 1 atom stereocenters. The summed E-state index contributed by atoms with van der Waals surface area (Å²) >= 11 is 0. The van der Waals surface area contributed by atoms with Crippen LogP contribution in [0.4, 0.5) is 0 Å². The van der Waals surface area contributed by atoms with Crippen molar-refractivity contribution in [3.8, 4) is 5.88 Å². The number of pyridine rings is 1. The highest BCUT2D eigenvalue weighted by molar-refractivity contribution is 5.94. The standard InChI is InChI=1S/C17H18N2O2/c1-21-16-10-9-13(11-18-16)17(20)19-15-8-4-6-12-5-2-3-7-14(12)15/h2-3,5,7,9-11,15H,4,6,8H2,1H3,(H,19,20). The van der Waals surface area contributed by atoms with Crippen molar-refractivity contribution in [2.75, 3.05) is 7.11 Å². The van der Waals surface area contributed by atoms with E-state index in [-0.39, 0.29) is 11.9 Å². The van der Waals surface area contributed by atoms with Crippen LogP contribution in [0.25, 0.3) is 0 Å². The topological polar surface area (TPSA) is 51.2 Å². The van der Waals surface area contributed by atoms with Crippen LogP contribution < -0.4 is 10.1 Å². The van der Waals surface area contributed by atoms with Gasteiger partial charge in [0.25, 0.3) is 5.91 Å². The molecule has 1 aliphatic rings. The van der Waals surface area contributed by atoms with Gasteiger partial charge in [-0.05, 0) is 36.5 Å². The van der Waals surface area contributed by atoms with Gasteiger partial charge in [0.05, 0.1) is 18.7 Å². The number of nitrogens with one attached hydrogen (secondary N) is 1. The van der Waals surface area contributed by atoms with Gasteiger partial charge in [0, 0.05) is 12.3 Å². The number of aryl methyl sites for hydroxylation is 1. The Bertz CT molecular complexity index is 637. The lowest BCUT2D eigenvalue weighted by atomic mass is 9.87. The van der Waals surface area contributed by atoms with Gasteiger partial charge in [0.15, 0.2) is 0 Å².